The van der Waals surface area contributed by atoms with Crippen LogP contribution < -0.4 is 0 Å². The Kier molecular flexibility index (Phi) is 4.78. The minimum Gasteiger partial charge on any atom is -0.389 e. The number of aliphatic hydroxyl groups is 1. The third kappa shape index (κ3) is 3.78. The molecule has 0 radical (unpaired) electrons. The molecule has 94 valence electrons. The molecule has 16 heavy (non-hydrogen) atoms. The van der Waals surface area contributed by atoms with E-state index in [1.165, 1.54) is 0 Å². The van der Waals surface area contributed by atoms with Crippen molar-refractivity contribution in [1.29, 1.82) is 0 Å². The van der Waals surface area contributed by atoms with Gasteiger partial charge in [0.05, 0.1) is 12.0 Å². The molecule has 1 N–H and O–H groups in total. The van der Waals surface area contributed by atoms with Crippen molar-refractivity contribution in [3.8, 4) is 0 Å². The van der Waals surface area contributed by atoms with E-state index in [1.54, 1.807) is 0 Å². The zero-order valence-corrected chi connectivity index (χ0v) is 10.8. The van der Waals surface area contributed by atoms with E-state index in [-0.39, 0.29) is 5.91 Å². The van der Waals surface area contributed by atoms with E-state index in [4.69, 9.17) is 0 Å². The zero-order valence-electron chi connectivity index (χ0n) is 10.8. The van der Waals surface area contributed by atoms with Crippen LogP contribution >= 0.6 is 0 Å². The lowest BCUT2D eigenvalue weighted by atomic mass is 9.89. The minimum absolute atomic E-state index is 0.104. The van der Waals surface area contributed by atoms with Crippen molar-refractivity contribution in [1.82, 2.24) is 4.90 Å². The summed E-state index contributed by atoms with van der Waals surface area (Å²) in [6, 6.07) is 0.444. The molecule has 0 unspecified atom stereocenters. The van der Waals surface area contributed by atoms with Crippen LogP contribution in [0.3, 0.4) is 0 Å². The minimum atomic E-state index is -0.774. The number of hydrogen-bond donors (Lipinski definition) is 1. The molecule has 1 saturated carbocycles. The molecule has 1 aliphatic carbocycles. The second kappa shape index (κ2) is 5.67. The third-order valence-electron chi connectivity index (χ3n) is 3.40. The predicted octanol–water partition coefficient (Wildman–Crippen LogP) is 2.33. The van der Waals surface area contributed by atoms with Gasteiger partial charge in [0.15, 0.2) is 0 Å². The second-order valence-corrected chi connectivity index (χ2v) is 5.14. The van der Waals surface area contributed by atoms with Crippen molar-refractivity contribution in [2.75, 3.05) is 7.05 Å². The van der Waals surface area contributed by atoms with Crippen molar-refractivity contribution in [2.45, 2.75) is 70.4 Å². The molecule has 0 bridgehead atoms. The Labute approximate surface area is 98.8 Å². The van der Waals surface area contributed by atoms with Crippen molar-refractivity contribution >= 4 is 5.91 Å². The fourth-order valence-electron chi connectivity index (χ4n) is 2.30. The molecule has 0 aromatic rings. The maximum Gasteiger partial charge on any atom is 0.225 e. The van der Waals surface area contributed by atoms with Gasteiger partial charge in [-0.1, -0.05) is 26.7 Å². The van der Waals surface area contributed by atoms with Crippen LogP contribution in [0.25, 0.3) is 0 Å². The fourth-order valence-corrected chi connectivity index (χ4v) is 2.30. The topological polar surface area (TPSA) is 40.5 Å². The predicted molar refractivity (Wildman–Crippen MR) is 65.2 cm³/mol. The van der Waals surface area contributed by atoms with Crippen LogP contribution in [0.5, 0.6) is 0 Å². The first-order valence-corrected chi connectivity index (χ1v) is 6.50. The Morgan fingerprint density at radius 1 is 1.31 bits per heavy atom. The average Bonchev–Trinajstić information content (AvgIpc) is 3.00. The van der Waals surface area contributed by atoms with E-state index in [9.17, 15) is 9.90 Å². The molecule has 0 aromatic carbocycles. The highest BCUT2D eigenvalue weighted by atomic mass is 16.3. The molecular formula is C13H25NO2. The highest BCUT2D eigenvalue weighted by Gasteiger charge is 2.34. The lowest BCUT2D eigenvalue weighted by molar-refractivity contribution is -0.136. The molecule has 1 fully saturated rings. The van der Waals surface area contributed by atoms with Gasteiger partial charge in [0.25, 0.3) is 0 Å². The molecule has 3 heteroatoms. The monoisotopic (exact) mass is 227 g/mol. The van der Waals surface area contributed by atoms with Gasteiger partial charge < -0.3 is 10.0 Å². The van der Waals surface area contributed by atoms with Crippen LogP contribution in [-0.2, 0) is 4.79 Å². The van der Waals surface area contributed by atoms with Gasteiger partial charge >= 0.3 is 0 Å². The number of carbonyl (C=O) groups excluding carboxylic acids is 1. The van der Waals surface area contributed by atoms with Gasteiger partial charge in [0.2, 0.25) is 5.91 Å². The smallest absolute Gasteiger partial charge is 0.225 e. The number of rotatable bonds is 7. The van der Waals surface area contributed by atoms with Crippen LogP contribution in [0.15, 0.2) is 0 Å². The van der Waals surface area contributed by atoms with Crippen molar-refractivity contribution in [3.05, 3.63) is 0 Å². The van der Waals surface area contributed by atoms with E-state index < -0.39 is 5.60 Å². The number of carbonyl (C=O) groups is 1. The summed E-state index contributed by atoms with van der Waals surface area (Å²) in [6.07, 6.45) is 5.86. The second-order valence-electron chi connectivity index (χ2n) is 5.14. The molecule has 0 saturated heterocycles. The summed E-state index contributed by atoms with van der Waals surface area (Å²) in [6.45, 7) is 4.10. The average molecular weight is 227 g/mol. The molecule has 0 spiro atoms. The summed E-state index contributed by atoms with van der Waals surface area (Å²) in [5.41, 5.74) is -0.774. The van der Waals surface area contributed by atoms with Gasteiger partial charge in [-0.3, -0.25) is 4.79 Å². The van der Waals surface area contributed by atoms with Gasteiger partial charge in [-0.25, -0.2) is 0 Å². The van der Waals surface area contributed by atoms with Gasteiger partial charge in [0.1, 0.15) is 0 Å². The maximum absolute atomic E-state index is 12.0. The van der Waals surface area contributed by atoms with Gasteiger partial charge in [-0.2, -0.15) is 0 Å². The Morgan fingerprint density at radius 2 is 1.81 bits per heavy atom. The Bertz CT molecular complexity index is 230. The summed E-state index contributed by atoms with van der Waals surface area (Å²) >= 11 is 0. The summed E-state index contributed by atoms with van der Waals surface area (Å²) in [7, 11) is 1.86. The van der Waals surface area contributed by atoms with E-state index >= 15 is 0 Å². The molecule has 1 aliphatic rings. The lowest BCUT2D eigenvalue weighted by Crippen LogP contribution is -2.38. The normalized spacial score (nSPS) is 16.2. The Morgan fingerprint density at radius 3 is 2.19 bits per heavy atom. The first-order valence-electron chi connectivity index (χ1n) is 6.50. The van der Waals surface area contributed by atoms with Crippen LogP contribution in [0, 0.1) is 0 Å². The molecule has 1 amide bonds. The molecule has 0 heterocycles. The number of hydrogen-bond acceptors (Lipinski definition) is 2. The molecule has 0 aliphatic heterocycles. The van der Waals surface area contributed by atoms with E-state index in [2.05, 4.69) is 13.8 Å². The van der Waals surface area contributed by atoms with E-state index in [0.29, 0.717) is 12.5 Å². The molecular weight excluding hydrogens is 202 g/mol. The molecule has 0 atom stereocenters. The number of amides is 1. The molecule has 3 nitrogen and oxygen atoms in total. The van der Waals surface area contributed by atoms with Crippen molar-refractivity contribution in [3.63, 3.8) is 0 Å². The van der Waals surface area contributed by atoms with Gasteiger partial charge in [0, 0.05) is 13.1 Å². The van der Waals surface area contributed by atoms with E-state index in [0.717, 1.165) is 38.5 Å². The summed E-state index contributed by atoms with van der Waals surface area (Å²) < 4.78 is 0. The summed E-state index contributed by atoms with van der Waals surface area (Å²) in [5.74, 6) is 0.104. The zero-order chi connectivity index (χ0) is 12.2. The SMILES string of the molecule is CCCC(O)(CCC)CC(=O)N(C)C1CC1. The molecule has 0 aromatic heterocycles. The Balaban J connectivity index is 2.49. The quantitative estimate of drug-likeness (QED) is 0.725. The Hall–Kier alpha value is -0.570. The van der Waals surface area contributed by atoms with Crippen LogP contribution in [-0.4, -0.2) is 34.6 Å². The van der Waals surface area contributed by atoms with Crippen molar-refractivity contribution < 1.29 is 9.90 Å². The molecule has 1 rings (SSSR count). The standard InChI is InChI=1S/C13H25NO2/c1-4-8-13(16,9-5-2)10-12(15)14(3)11-6-7-11/h11,16H,4-10H2,1-3H3. The lowest BCUT2D eigenvalue weighted by Gasteiger charge is -2.29. The first kappa shape index (κ1) is 13.5. The summed E-state index contributed by atoms with van der Waals surface area (Å²) in [4.78, 5) is 13.8. The fraction of sp³-hybridized carbons (Fsp3) is 0.923. The van der Waals surface area contributed by atoms with Crippen LogP contribution in [0.4, 0.5) is 0 Å². The highest BCUT2D eigenvalue weighted by Crippen LogP contribution is 2.29. The maximum atomic E-state index is 12.0. The first-order chi connectivity index (χ1) is 7.52. The van der Waals surface area contributed by atoms with Crippen LogP contribution in [0.1, 0.15) is 58.8 Å². The summed E-state index contributed by atoms with van der Waals surface area (Å²) in [5, 5.41) is 10.4. The largest absolute Gasteiger partial charge is 0.389 e. The van der Waals surface area contributed by atoms with Gasteiger partial charge in [-0.05, 0) is 25.7 Å². The van der Waals surface area contributed by atoms with E-state index in [1.807, 2.05) is 11.9 Å². The van der Waals surface area contributed by atoms with Crippen molar-refractivity contribution in [2.24, 2.45) is 0 Å². The number of nitrogens with zero attached hydrogens (tertiary/aromatic N) is 1. The van der Waals surface area contributed by atoms with Gasteiger partial charge in [-0.15, -0.1) is 0 Å². The van der Waals surface area contributed by atoms with Crippen LogP contribution in [0.2, 0.25) is 0 Å². The highest BCUT2D eigenvalue weighted by molar-refractivity contribution is 5.77. The third-order valence-corrected chi connectivity index (χ3v) is 3.40.